The largest absolute Gasteiger partial charge is 0.451 e. The van der Waals surface area contributed by atoms with Crippen LogP contribution in [0.4, 0.5) is 18.9 Å². The van der Waals surface area contributed by atoms with E-state index >= 15 is 0 Å². The number of nitrogens with one attached hydrogen (secondary N) is 1. The number of benzene rings is 1. The van der Waals surface area contributed by atoms with Crippen LogP contribution in [0.1, 0.15) is 38.5 Å². The van der Waals surface area contributed by atoms with Gasteiger partial charge in [-0.1, -0.05) is 0 Å². The number of aryl methyl sites for hydroxylation is 2. The zero-order valence-corrected chi connectivity index (χ0v) is 14.5. The molecule has 0 saturated heterocycles. The molecule has 0 spiro atoms. The summed E-state index contributed by atoms with van der Waals surface area (Å²) < 4.78 is 42.5. The van der Waals surface area contributed by atoms with Crippen molar-refractivity contribution in [2.24, 2.45) is 0 Å². The second-order valence-electron chi connectivity index (χ2n) is 5.97. The minimum absolute atomic E-state index is 0.200. The second kappa shape index (κ2) is 7.49. The number of alkyl halides is 3. The predicted molar refractivity (Wildman–Crippen MR) is 91.3 cm³/mol. The van der Waals surface area contributed by atoms with Crippen LogP contribution in [-0.4, -0.2) is 18.5 Å². The standard InChI is InChI=1S/C18H16F3NO3S/c19-18(20,21)12-5-7-13(8-6-12)22-16(23)10-25-17(24)15-9-11-3-1-2-4-14(11)26-15/h5-9H,1-4,10H2,(H,22,23). The average molecular weight is 383 g/mol. The van der Waals surface area contributed by atoms with Gasteiger partial charge < -0.3 is 10.1 Å². The average Bonchev–Trinajstić information content (AvgIpc) is 3.03. The van der Waals surface area contributed by atoms with Crippen molar-refractivity contribution in [3.63, 3.8) is 0 Å². The number of fused-ring (bicyclic) bond motifs is 1. The Bertz CT molecular complexity index is 789. The molecule has 1 aromatic carbocycles. The van der Waals surface area contributed by atoms with Crippen molar-refractivity contribution in [3.05, 3.63) is 51.2 Å². The molecule has 0 saturated carbocycles. The minimum Gasteiger partial charge on any atom is -0.451 e. The summed E-state index contributed by atoms with van der Waals surface area (Å²) in [6, 6.07) is 5.86. The van der Waals surface area contributed by atoms with Gasteiger partial charge in [0.2, 0.25) is 0 Å². The molecular formula is C18H16F3NO3S. The maximum atomic E-state index is 12.5. The van der Waals surface area contributed by atoms with Gasteiger partial charge in [0, 0.05) is 10.6 Å². The molecule has 0 bridgehead atoms. The third-order valence-corrected chi connectivity index (χ3v) is 5.25. The highest BCUT2D eigenvalue weighted by Crippen LogP contribution is 2.31. The number of esters is 1. The molecule has 0 radical (unpaired) electrons. The van der Waals surface area contributed by atoms with Crippen LogP contribution < -0.4 is 5.32 Å². The van der Waals surface area contributed by atoms with Gasteiger partial charge in [0.05, 0.1) is 5.56 Å². The summed E-state index contributed by atoms with van der Waals surface area (Å²) in [6.45, 7) is -0.498. The first-order valence-corrected chi connectivity index (χ1v) is 8.90. The lowest BCUT2D eigenvalue weighted by molar-refractivity contribution is -0.137. The summed E-state index contributed by atoms with van der Waals surface area (Å²) in [5, 5.41) is 2.40. The van der Waals surface area contributed by atoms with Crippen molar-refractivity contribution in [1.29, 1.82) is 0 Å². The zero-order chi connectivity index (χ0) is 18.7. The van der Waals surface area contributed by atoms with E-state index < -0.39 is 30.2 Å². The van der Waals surface area contributed by atoms with E-state index in [2.05, 4.69) is 5.32 Å². The lowest BCUT2D eigenvalue weighted by atomic mass is 9.99. The minimum atomic E-state index is -4.43. The molecule has 0 atom stereocenters. The lowest BCUT2D eigenvalue weighted by Crippen LogP contribution is -2.20. The van der Waals surface area contributed by atoms with Crippen LogP contribution in [0.2, 0.25) is 0 Å². The van der Waals surface area contributed by atoms with Crippen molar-refractivity contribution in [2.45, 2.75) is 31.9 Å². The molecule has 3 rings (SSSR count). The molecule has 1 aliphatic rings. The number of rotatable bonds is 4. The highest BCUT2D eigenvalue weighted by Gasteiger charge is 2.30. The van der Waals surface area contributed by atoms with Gasteiger partial charge in [-0.2, -0.15) is 13.2 Å². The third-order valence-electron chi connectivity index (χ3n) is 4.03. The smallest absolute Gasteiger partial charge is 0.416 e. The first kappa shape index (κ1) is 18.4. The fraction of sp³-hybridized carbons (Fsp3) is 0.333. The third kappa shape index (κ3) is 4.43. The van der Waals surface area contributed by atoms with E-state index in [-0.39, 0.29) is 5.69 Å². The predicted octanol–water partition coefficient (Wildman–Crippen LogP) is 4.44. The molecule has 1 aliphatic carbocycles. The van der Waals surface area contributed by atoms with Crippen LogP contribution in [0, 0.1) is 0 Å². The van der Waals surface area contributed by atoms with Gasteiger partial charge in [0.15, 0.2) is 6.61 Å². The lowest BCUT2D eigenvalue weighted by Gasteiger charge is -2.09. The molecule has 26 heavy (non-hydrogen) atoms. The van der Waals surface area contributed by atoms with Crippen LogP contribution in [0.5, 0.6) is 0 Å². The Balaban J connectivity index is 1.52. The quantitative estimate of drug-likeness (QED) is 0.794. The maximum Gasteiger partial charge on any atom is 0.416 e. The number of anilines is 1. The van der Waals surface area contributed by atoms with Crippen molar-refractivity contribution in [2.75, 3.05) is 11.9 Å². The second-order valence-corrected chi connectivity index (χ2v) is 7.10. The number of amides is 1. The van der Waals surface area contributed by atoms with E-state index in [1.807, 2.05) is 6.07 Å². The fourth-order valence-corrected chi connectivity index (χ4v) is 3.88. The Morgan fingerprint density at radius 1 is 1.12 bits per heavy atom. The van der Waals surface area contributed by atoms with Crippen molar-refractivity contribution < 1.29 is 27.5 Å². The number of thiophene rings is 1. The molecule has 138 valence electrons. The molecule has 0 aliphatic heterocycles. The topological polar surface area (TPSA) is 55.4 Å². The van der Waals surface area contributed by atoms with Crippen LogP contribution in [0.25, 0.3) is 0 Å². The van der Waals surface area contributed by atoms with Crippen LogP contribution in [0.15, 0.2) is 30.3 Å². The normalized spacial score (nSPS) is 13.8. The Morgan fingerprint density at radius 3 is 2.46 bits per heavy atom. The molecule has 4 nitrogen and oxygen atoms in total. The number of hydrogen-bond donors (Lipinski definition) is 1. The molecule has 1 amide bonds. The highest BCUT2D eigenvalue weighted by atomic mass is 32.1. The summed E-state index contributed by atoms with van der Waals surface area (Å²) in [4.78, 5) is 25.5. The van der Waals surface area contributed by atoms with Crippen LogP contribution in [0.3, 0.4) is 0 Å². The molecule has 0 fully saturated rings. The van der Waals surface area contributed by atoms with E-state index in [4.69, 9.17) is 4.74 Å². The molecule has 1 aromatic heterocycles. The summed E-state index contributed by atoms with van der Waals surface area (Å²) in [5.74, 6) is -1.17. The number of halogens is 3. The fourth-order valence-electron chi connectivity index (χ4n) is 2.73. The summed E-state index contributed by atoms with van der Waals surface area (Å²) in [5.41, 5.74) is 0.566. The Kier molecular flexibility index (Phi) is 5.31. The molecule has 8 heteroatoms. The van der Waals surface area contributed by atoms with E-state index in [0.29, 0.717) is 4.88 Å². The molecule has 0 unspecified atom stereocenters. The molecule has 2 aromatic rings. The first-order valence-electron chi connectivity index (χ1n) is 8.09. The maximum absolute atomic E-state index is 12.5. The van der Waals surface area contributed by atoms with Crippen molar-refractivity contribution >= 4 is 28.9 Å². The molecule has 1 heterocycles. The first-order chi connectivity index (χ1) is 12.3. The van der Waals surface area contributed by atoms with E-state index in [1.54, 1.807) is 0 Å². The zero-order valence-electron chi connectivity index (χ0n) is 13.7. The van der Waals surface area contributed by atoms with E-state index in [1.165, 1.54) is 21.8 Å². The molecule has 1 N–H and O–H groups in total. The summed E-state index contributed by atoms with van der Waals surface area (Å²) in [6.07, 6.45) is -0.307. The van der Waals surface area contributed by atoms with Crippen LogP contribution in [-0.2, 0) is 28.5 Å². The highest BCUT2D eigenvalue weighted by molar-refractivity contribution is 7.14. The Morgan fingerprint density at radius 2 is 1.81 bits per heavy atom. The Labute approximate surface area is 152 Å². The van der Waals surface area contributed by atoms with Gasteiger partial charge in [0.25, 0.3) is 5.91 Å². The van der Waals surface area contributed by atoms with Crippen LogP contribution >= 0.6 is 11.3 Å². The van der Waals surface area contributed by atoms with E-state index in [9.17, 15) is 22.8 Å². The van der Waals surface area contributed by atoms with Crippen molar-refractivity contribution in [3.8, 4) is 0 Å². The van der Waals surface area contributed by atoms with Gasteiger partial charge >= 0.3 is 12.1 Å². The van der Waals surface area contributed by atoms with Gasteiger partial charge in [-0.25, -0.2) is 4.79 Å². The SMILES string of the molecule is O=C(COC(=O)c1cc2c(s1)CCCC2)Nc1ccc(C(F)(F)F)cc1. The van der Waals surface area contributed by atoms with E-state index in [0.717, 1.165) is 49.9 Å². The van der Waals surface area contributed by atoms with Gasteiger partial charge in [-0.15, -0.1) is 11.3 Å². The van der Waals surface area contributed by atoms with Crippen molar-refractivity contribution in [1.82, 2.24) is 0 Å². The van der Waals surface area contributed by atoms with Gasteiger partial charge in [-0.05, 0) is 61.6 Å². The van der Waals surface area contributed by atoms with Gasteiger partial charge in [-0.3, -0.25) is 4.79 Å². The summed E-state index contributed by atoms with van der Waals surface area (Å²) >= 11 is 1.39. The summed E-state index contributed by atoms with van der Waals surface area (Å²) in [7, 11) is 0. The monoisotopic (exact) mass is 383 g/mol. The Hall–Kier alpha value is -2.35. The molecular weight excluding hydrogens is 367 g/mol. The van der Waals surface area contributed by atoms with Gasteiger partial charge in [0.1, 0.15) is 4.88 Å². The number of hydrogen-bond acceptors (Lipinski definition) is 4. The number of carbonyl (C=O) groups excluding carboxylic acids is 2. The number of carbonyl (C=O) groups is 2. The number of ether oxygens (including phenoxy) is 1.